The summed E-state index contributed by atoms with van der Waals surface area (Å²) in [6.45, 7) is 3.82. The van der Waals surface area contributed by atoms with Crippen LogP contribution < -0.4 is 10.0 Å². The molecule has 112 valence electrons. The van der Waals surface area contributed by atoms with E-state index in [9.17, 15) is 8.42 Å². The molecule has 0 aliphatic carbocycles. The molecule has 1 aliphatic rings. The maximum atomic E-state index is 12.3. The third-order valence-electron chi connectivity index (χ3n) is 3.33. The number of ether oxygens (including phenoxy) is 1. The molecule has 5 nitrogen and oxygen atoms in total. The van der Waals surface area contributed by atoms with Crippen molar-refractivity contribution < 1.29 is 13.2 Å². The zero-order valence-electron chi connectivity index (χ0n) is 11.8. The summed E-state index contributed by atoms with van der Waals surface area (Å²) in [6, 6.07) is 6.95. The van der Waals surface area contributed by atoms with Crippen LogP contribution in [0.3, 0.4) is 0 Å². The van der Waals surface area contributed by atoms with E-state index in [1.807, 2.05) is 13.0 Å². The average Bonchev–Trinajstić information content (AvgIpc) is 2.92. The Morgan fingerprint density at radius 2 is 2.15 bits per heavy atom. The lowest BCUT2D eigenvalue weighted by atomic mass is 10.2. The number of para-hydroxylation sites is 1. The fourth-order valence-electron chi connectivity index (χ4n) is 2.34. The third kappa shape index (κ3) is 3.94. The predicted molar refractivity (Wildman–Crippen MR) is 79.4 cm³/mol. The van der Waals surface area contributed by atoms with Gasteiger partial charge in [-0.15, -0.1) is 0 Å². The van der Waals surface area contributed by atoms with Crippen LogP contribution in [-0.2, 0) is 14.8 Å². The van der Waals surface area contributed by atoms with E-state index in [0.29, 0.717) is 23.7 Å². The van der Waals surface area contributed by atoms with Crippen molar-refractivity contribution in [3.8, 4) is 0 Å². The average molecular weight is 298 g/mol. The molecule has 1 heterocycles. The van der Waals surface area contributed by atoms with E-state index < -0.39 is 10.0 Å². The van der Waals surface area contributed by atoms with Gasteiger partial charge in [0.2, 0.25) is 10.0 Å². The van der Waals surface area contributed by atoms with Crippen molar-refractivity contribution in [1.82, 2.24) is 4.72 Å². The highest BCUT2D eigenvalue weighted by Gasteiger charge is 2.20. The molecule has 0 spiro atoms. The Morgan fingerprint density at radius 1 is 1.35 bits per heavy atom. The van der Waals surface area contributed by atoms with Gasteiger partial charge in [-0.1, -0.05) is 12.1 Å². The highest BCUT2D eigenvalue weighted by atomic mass is 32.2. The summed E-state index contributed by atoms with van der Waals surface area (Å²) in [5.41, 5.74) is 0.639. The smallest absolute Gasteiger partial charge is 0.242 e. The van der Waals surface area contributed by atoms with Gasteiger partial charge in [0.05, 0.1) is 11.8 Å². The predicted octanol–water partition coefficient (Wildman–Crippen LogP) is 1.97. The largest absolute Gasteiger partial charge is 0.384 e. The number of nitrogens with one attached hydrogen (secondary N) is 2. The molecule has 1 atom stereocenters. The van der Waals surface area contributed by atoms with Gasteiger partial charge in [0.1, 0.15) is 4.90 Å². The Hall–Kier alpha value is -1.11. The molecule has 1 saturated heterocycles. The highest BCUT2D eigenvalue weighted by molar-refractivity contribution is 7.89. The monoisotopic (exact) mass is 298 g/mol. The van der Waals surface area contributed by atoms with Gasteiger partial charge in [0, 0.05) is 19.7 Å². The molecular formula is C14H22N2O3S. The van der Waals surface area contributed by atoms with Crippen molar-refractivity contribution in [1.29, 1.82) is 0 Å². The molecule has 1 fully saturated rings. The molecule has 1 aliphatic heterocycles. The van der Waals surface area contributed by atoms with Crippen LogP contribution in [0.1, 0.15) is 26.2 Å². The van der Waals surface area contributed by atoms with Crippen molar-refractivity contribution >= 4 is 15.7 Å². The zero-order valence-corrected chi connectivity index (χ0v) is 12.6. The van der Waals surface area contributed by atoms with Crippen LogP contribution >= 0.6 is 0 Å². The van der Waals surface area contributed by atoms with Gasteiger partial charge in [-0.2, -0.15) is 0 Å². The van der Waals surface area contributed by atoms with Gasteiger partial charge in [-0.05, 0) is 38.3 Å². The lowest BCUT2D eigenvalue weighted by Crippen LogP contribution is -2.28. The first-order chi connectivity index (χ1) is 9.63. The Kier molecular flexibility index (Phi) is 5.39. The summed E-state index contributed by atoms with van der Waals surface area (Å²) >= 11 is 0. The normalized spacial score (nSPS) is 19.1. The van der Waals surface area contributed by atoms with Crippen molar-refractivity contribution in [2.24, 2.45) is 0 Å². The fourth-order valence-corrected chi connectivity index (χ4v) is 3.57. The van der Waals surface area contributed by atoms with E-state index in [-0.39, 0.29) is 6.10 Å². The first kappa shape index (κ1) is 15.3. The molecule has 6 heteroatoms. The third-order valence-corrected chi connectivity index (χ3v) is 4.85. The number of sulfonamides is 1. The number of hydrogen-bond acceptors (Lipinski definition) is 4. The number of rotatable bonds is 7. The van der Waals surface area contributed by atoms with Crippen LogP contribution in [0.4, 0.5) is 5.69 Å². The standard InChI is InChI=1S/C14H22N2O3S/c1-2-15-13-7-3-4-8-14(13)20(17,18)16-10-9-12-6-5-11-19-12/h3-4,7-8,12,15-16H,2,5-6,9-11H2,1H3. The van der Waals surface area contributed by atoms with E-state index in [2.05, 4.69) is 10.0 Å². The van der Waals surface area contributed by atoms with Crippen LogP contribution in [0.5, 0.6) is 0 Å². The second-order valence-corrected chi connectivity index (χ2v) is 6.58. The summed E-state index contributed by atoms with van der Waals surface area (Å²) in [4.78, 5) is 0.300. The second-order valence-electron chi connectivity index (χ2n) is 4.85. The number of benzene rings is 1. The molecule has 1 unspecified atom stereocenters. The van der Waals surface area contributed by atoms with E-state index in [1.165, 1.54) is 0 Å². The molecule has 0 aromatic heterocycles. The van der Waals surface area contributed by atoms with Crippen molar-refractivity contribution in [3.05, 3.63) is 24.3 Å². The Labute approximate surface area is 120 Å². The van der Waals surface area contributed by atoms with E-state index in [1.54, 1.807) is 18.2 Å². The van der Waals surface area contributed by atoms with Crippen LogP contribution in [-0.4, -0.2) is 34.2 Å². The molecule has 0 saturated carbocycles. The zero-order chi connectivity index (χ0) is 14.4. The van der Waals surface area contributed by atoms with Crippen molar-refractivity contribution in [2.45, 2.75) is 37.2 Å². The van der Waals surface area contributed by atoms with Gasteiger partial charge >= 0.3 is 0 Å². The lowest BCUT2D eigenvalue weighted by Gasteiger charge is -2.13. The van der Waals surface area contributed by atoms with Crippen molar-refractivity contribution in [2.75, 3.05) is 25.0 Å². The molecule has 0 amide bonds. The summed E-state index contributed by atoms with van der Waals surface area (Å²) in [7, 11) is -3.47. The Balaban J connectivity index is 1.98. The summed E-state index contributed by atoms with van der Waals surface area (Å²) in [5.74, 6) is 0. The van der Waals surface area contributed by atoms with Crippen molar-refractivity contribution in [3.63, 3.8) is 0 Å². The minimum atomic E-state index is -3.47. The minimum absolute atomic E-state index is 0.196. The molecular weight excluding hydrogens is 276 g/mol. The second kappa shape index (κ2) is 7.06. The maximum Gasteiger partial charge on any atom is 0.242 e. The number of hydrogen-bond donors (Lipinski definition) is 2. The molecule has 2 N–H and O–H groups in total. The van der Waals surface area contributed by atoms with E-state index in [0.717, 1.165) is 25.9 Å². The van der Waals surface area contributed by atoms with Gasteiger partial charge in [-0.3, -0.25) is 0 Å². The van der Waals surface area contributed by atoms with Crippen LogP contribution in [0.25, 0.3) is 0 Å². The van der Waals surface area contributed by atoms with Crippen LogP contribution in [0.15, 0.2) is 29.2 Å². The van der Waals surface area contributed by atoms with E-state index >= 15 is 0 Å². The molecule has 20 heavy (non-hydrogen) atoms. The van der Waals surface area contributed by atoms with Crippen LogP contribution in [0.2, 0.25) is 0 Å². The molecule has 0 bridgehead atoms. The minimum Gasteiger partial charge on any atom is -0.384 e. The maximum absolute atomic E-state index is 12.3. The lowest BCUT2D eigenvalue weighted by molar-refractivity contribution is 0.105. The van der Waals surface area contributed by atoms with Gasteiger partial charge in [0.25, 0.3) is 0 Å². The van der Waals surface area contributed by atoms with E-state index in [4.69, 9.17) is 4.74 Å². The first-order valence-electron chi connectivity index (χ1n) is 7.07. The Morgan fingerprint density at radius 3 is 2.85 bits per heavy atom. The Bertz CT molecular complexity index is 525. The quantitative estimate of drug-likeness (QED) is 0.807. The molecule has 1 aromatic rings. The number of anilines is 1. The summed E-state index contributed by atoms with van der Waals surface area (Å²) in [5, 5.41) is 3.07. The summed E-state index contributed by atoms with van der Waals surface area (Å²) < 4.78 is 32.8. The topological polar surface area (TPSA) is 67.4 Å². The van der Waals surface area contributed by atoms with Gasteiger partial charge < -0.3 is 10.1 Å². The van der Waals surface area contributed by atoms with Gasteiger partial charge in [-0.25, -0.2) is 13.1 Å². The molecule has 1 aromatic carbocycles. The molecule has 2 rings (SSSR count). The SMILES string of the molecule is CCNc1ccccc1S(=O)(=O)NCCC1CCCO1. The first-order valence-corrected chi connectivity index (χ1v) is 8.56. The highest BCUT2D eigenvalue weighted by Crippen LogP contribution is 2.21. The molecule has 0 radical (unpaired) electrons. The van der Waals surface area contributed by atoms with Gasteiger partial charge in [0.15, 0.2) is 0 Å². The van der Waals surface area contributed by atoms with Crippen LogP contribution in [0, 0.1) is 0 Å². The fraction of sp³-hybridized carbons (Fsp3) is 0.571. The summed E-state index contributed by atoms with van der Waals surface area (Å²) in [6.07, 6.45) is 3.01.